The normalized spacial score (nSPS) is 8.25. The zero-order chi connectivity index (χ0) is 6.41. The first kappa shape index (κ1) is 7.41. The Morgan fingerprint density at radius 3 is 2.75 bits per heavy atom. The van der Waals surface area contributed by atoms with Crippen LogP contribution in [0.25, 0.3) is 0 Å². The van der Waals surface area contributed by atoms with Crippen LogP contribution in [0, 0.1) is 0 Å². The maximum Gasteiger partial charge on any atom is 0.164 e. The molecule has 0 aromatic carbocycles. The van der Waals surface area contributed by atoms with Gasteiger partial charge in [0.25, 0.3) is 0 Å². The summed E-state index contributed by atoms with van der Waals surface area (Å²) in [6.07, 6.45) is 0. The molecule has 0 unspecified atom stereocenters. The van der Waals surface area contributed by atoms with E-state index in [1.807, 2.05) is 18.7 Å². The van der Waals surface area contributed by atoms with Crippen molar-refractivity contribution in [3.63, 3.8) is 0 Å². The van der Waals surface area contributed by atoms with Crippen molar-refractivity contribution in [1.82, 2.24) is 5.32 Å². The van der Waals surface area contributed by atoms with E-state index in [0.717, 1.165) is 13.1 Å². The minimum Gasteiger partial charge on any atom is -0.314 e. The molecular formula is C6H13N2+. The van der Waals surface area contributed by atoms with Gasteiger partial charge in [-0.15, -0.1) is 0 Å². The van der Waals surface area contributed by atoms with Gasteiger partial charge in [0.2, 0.25) is 0 Å². The third-order valence-corrected chi connectivity index (χ3v) is 0.967. The van der Waals surface area contributed by atoms with E-state index in [-0.39, 0.29) is 0 Å². The van der Waals surface area contributed by atoms with Gasteiger partial charge in [-0.3, -0.25) is 0 Å². The average Bonchev–Trinajstić information content (AvgIpc) is 1.83. The van der Waals surface area contributed by atoms with Gasteiger partial charge in [0, 0.05) is 6.58 Å². The Labute approximate surface area is 50.5 Å². The molecule has 2 heteroatoms. The molecule has 1 N–H and O–H groups in total. The van der Waals surface area contributed by atoms with Gasteiger partial charge < -0.3 is 5.32 Å². The number of rotatable bonds is 3. The van der Waals surface area contributed by atoms with E-state index in [1.54, 1.807) is 0 Å². The molecule has 0 spiro atoms. The summed E-state index contributed by atoms with van der Waals surface area (Å²) in [5.41, 5.74) is 0. The van der Waals surface area contributed by atoms with Crippen molar-refractivity contribution >= 4 is 5.87 Å². The van der Waals surface area contributed by atoms with Crippen LogP contribution in [0.3, 0.4) is 0 Å². The van der Waals surface area contributed by atoms with Crippen LogP contribution in [0.5, 0.6) is 0 Å². The molecule has 0 aliphatic rings. The zero-order valence-electron chi connectivity index (χ0n) is 5.57. The fourth-order valence-corrected chi connectivity index (χ4v) is 0.359. The van der Waals surface area contributed by atoms with E-state index in [9.17, 15) is 0 Å². The van der Waals surface area contributed by atoms with Crippen LogP contribution in [-0.2, 0) is 0 Å². The first-order chi connectivity index (χ1) is 3.81. The Balaban J connectivity index is 3.26. The van der Waals surface area contributed by atoms with Crippen molar-refractivity contribution in [2.24, 2.45) is 0 Å². The lowest BCUT2D eigenvalue weighted by atomic mass is 10.6. The summed E-state index contributed by atoms with van der Waals surface area (Å²) in [5.74, 6) is 2.74. The maximum absolute atomic E-state index is 3.49. The first-order valence-corrected chi connectivity index (χ1v) is 2.69. The van der Waals surface area contributed by atoms with Crippen molar-refractivity contribution in [2.75, 3.05) is 27.2 Å². The smallest absolute Gasteiger partial charge is 0.164 e. The molecule has 0 radical (unpaired) electrons. The summed E-state index contributed by atoms with van der Waals surface area (Å²) in [4.78, 5) is 0. The Morgan fingerprint density at radius 1 is 1.75 bits per heavy atom. The van der Waals surface area contributed by atoms with Gasteiger partial charge in [0.05, 0.1) is 6.54 Å². The Kier molecular flexibility index (Phi) is 4.23. The highest BCUT2D eigenvalue weighted by Crippen LogP contribution is 1.59. The van der Waals surface area contributed by atoms with Gasteiger partial charge in [-0.1, -0.05) is 0 Å². The highest BCUT2D eigenvalue weighted by molar-refractivity contribution is 5.39. The summed E-state index contributed by atoms with van der Waals surface area (Å²) in [7, 11) is 3.88. The van der Waals surface area contributed by atoms with Crippen molar-refractivity contribution in [3.05, 3.63) is 6.58 Å². The second kappa shape index (κ2) is 4.57. The number of nitrogens with one attached hydrogen (secondary N) is 1. The highest BCUT2D eigenvalue weighted by Gasteiger charge is 1.87. The molecule has 0 aliphatic carbocycles. The van der Waals surface area contributed by atoms with Gasteiger partial charge in [-0.25, -0.2) is 0 Å². The topological polar surface area (TPSA) is 15.0 Å². The van der Waals surface area contributed by atoms with Gasteiger partial charge in [0.1, 0.15) is 7.05 Å². The number of nitrogens with zero attached hydrogens (tertiary/aromatic N) is 1. The standard InChI is InChI=1S/C6H13N2/c1-4-8(3)6-5-7-2/h7H,1,5-6H2,2-3H3/q+1. The van der Waals surface area contributed by atoms with Gasteiger partial charge in [0.15, 0.2) is 12.4 Å². The molecule has 46 valence electrons. The number of likely N-dealkylation sites (N-methyl/N-ethyl adjacent to an activating group) is 2. The van der Waals surface area contributed by atoms with E-state index in [2.05, 4.69) is 17.8 Å². The number of hydrogen-bond donors (Lipinski definition) is 1. The molecule has 0 atom stereocenters. The summed E-state index contributed by atoms with van der Waals surface area (Å²) < 4.78 is 1.91. The van der Waals surface area contributed by atoms with Gasteiger partial charge >= 0.3 is 0 Å². The quantitative estimate of drug-likeness (QED) is 0.392. The van der Waals surface area contributed by atoms with Crippen LogP contribution in [-0.4, -0.2) is 37.6 Å². The van der Waals surface area contributed by atoms with Crippen molar-refractivity contribution in [1.29, 1.82) is 0 Å². The molecule has 8 heavy (non-hydrogen) atoms. The third kappa shape index (κ3) is 3.59. The largest absolute Gasteiger partial charge is 0.314 e. The molecule has 0 aromatic rings. The maximum atomic E-state index is 3.49. The van der Waals surface area contributed by atoms with E-state index in [1.165, 1.54) is 0 Å². The molecule has 0 saturated carbocycles. The molecule has 0 bridgehead atoms. The van der Waals surface area contributed by atoms with Crippen LogP contribution in [0.2, 0.25) is 0 Å². The van der Waals surface area contributed by atoms with Crippen LogP contribution in [0.1, 0.15) is 0 Å². The number of hydrogen-bond acceptors (Lipinski definition) is 1. The summed E-state index contributed by atoms with van der Waals surface area (Å²) in [6.45, 7) is 5.44. The minimum absolute atomic E-state index is 0.972. The van der Waals surface area contributed by atoms with E-state index >= 15 is 0 Å². The first-order valence-electron chi connectivity index (χ1n) is 2.69. The fourth-order valence-electron chi connectivity index (χ4n) is 0.359. The van der Waals surface area contributed by atoms with Crippen LogP contribution >= 0.6 is 0 Å². The van der Waals surface area contributed by atoms with Crippen molar-refractivity contribution in [3.8, 4) is 0 Å². The molecular weight excluding hydrogens is 100 g/mol. The van der Waals surface area contributed by atoms with E-state index in [0.29, 0.717) is 0 Å². The van der Waals surface area contributed by atoms with E-state index in [4.69, 9.17) is 0 Å². The molecule has 0 heterocycles. The van der Waals surface area contributed by atoms with E-state index < -0.39 is 0 Å². The Bertz CT molecular complexity index is 101. The molecule has 0 rings (SSSR count). The average molecular weight is 113 g/mol. The molecule has 0 fully saturated rings. The SMILES string of the molecule is C=C=[N+](C)CCNC. The summed E-state index contributed by atoms with van der Waals surface area (Å²) in [6, 6.07) is 0. The molecule has 0 amide bonds. The third-order valence-electron chi connectivity index (χ3n) is 0.967. The monoisotopic (exact) mass is 113 g/mol. The highest BCUT2D eigenvalue weighted by atomic mass is 15.0. The molecule has 2 nitrogen and oxygen atoms in total. The van der Waals surface area contributed by atoms with Crippen LogP contribution in [0.4, 0.5) is 0 Å². The lowest BCUT2D eigenvalue weighted by Crippen LogP contribution is -2.19. The zero-order valence-corrected chi connectivity index (χ0v) is 5.57. The van der Waals surface area contributed by atoms with Gasteiger partial charge in [-0.2, -0.15) is 4.58 Å². The van der Waals surface area contributed by atoms with Crippen molar-refractivity contribution < 1.29 is 4.58 Å². The Morgan fingerprint density at radius 2 is 2.38 bits per heavy atom. The predicted molar refractivity (Wildman–Crippen MR) is 35.6 cm³/mol. The predicted octanol–water partition coefficient (Wildman–Crippen LogP) is -0.296. The van der Waals surface area contributed by atoms with Gasteiger partial charge in [-0.05, 0) is 7.05 Å². The van der Waals surface area contributed by atoms with Crippen LogP contribution < -0.4 is 5.32 Å². The Hall–Kier alpha value is -0.590. The lowest BCUT2D eigenvalue weighted by molar-refractivity contribution is -0.487. The minimum atomic E-state index is 0.972. The fraction of sp³-hybridized carbons (Fsp3) is 0.667. The molecule has 0 aliphatic heterocycles. The van der Waals surface area contributed by atoms with Crippen molar-refractivity contribution in [2.45, 2.75) is 0 Å². The summed E-state index contributed by atoms with van der Waals surface area (Å²) in [5, 5.41) is 3.02. The molecule has 0 aromatic heterocycles. The second-order valence-corrected chi connectivity index (χ2v) is 1.68. The van der Waals surface area contributed by atoms with Crippen LogP contribution in [0.15, 0.2) is 6.58 Å². The molecule has 0 saturated heterocycles. The second-order valence-electron chi connectivity index (χ2n) is 1.68. The summed E-state index contributed by atoms with van der Waals surface area (Å²) >= 11 is 0. The lowest BCUT2D eigenvalue weighted by Gasteiger charge is -1.90.